The van der Waals surface area contributed by atoms with Crippen LogP contribution in [0, 0.1) is 0 Å². The highest BCUT2D eigenvalue weighted by molar-refractivity contribution is 5.83. The summed E-state index contributed by atoms with van der Waals surface area (Å²) < 4.78 is 0. The van der Waals surface area contributed by atoms with Gasteiger partial charge in [0.2, 0.25) is 0 Å². The third-order valence-corrected chi connectivity index (χ3v) is 3.29. The molecule has 3 nitrogen and oxygen atoms in total. The predicted molar refractivity (Wildman–Crippen MR) is 78.0 cm³/mol. The Hall–Kier alpha value is -2.16. The van der Waals surface area contributed by atoms with Crippen LogP contribution in [0.5, 0.6) is 0 Å². The van der Waals surface area contributed by atoms with Crippen molar-refractivity contribution in [3.63, 3.8) is 0 Å². The lowest BCUT2D eigenvalue weighted by Gasteiger charge is -2.22. The van der Waals surface area contributed by atoms with Crippen LogP contribution >= 0.6 is 0 Å². The van der Waals surface area contributed by atoms with Crippen molar-refractivity contribution in [2.45, 2.75) is 26.2 Å². The Bertz CT molecular complexity index is 706. The number of hydrogen-bond donors (Lipinski definition) is 1. The summed E-state index contributed by atoms with van der Waals surface area (Å²) in [5, 5.41) is 8.23. The van der Waals surface area contributed by atoms with Gasteiger partial charge in [-0.15, -0.1) is 0 Å². The normalized spacial score (nSPS) is 11.9. The lowest BCUT2D eigenvalue weighted by Crippen LogP contribution is -2.14. The second-order valence-electron chi connectivity index (χ2n) is 5.80. The largest absolute Gasteiger partial charge is 0.276 e. The van der Waals surface area contributed by atoms with Crippen molar-refractivity contribution in [3.8, 4) is 11.4 Å². The van der Waals surface area contributed by atoms with Crippen molar-refractivity contribution in [1.29, 1.82) is 0 Å². The van der Waals surface area contributed by atoms with Gasteiger partial charge >= 0.3 is 0 Å². The van der Waals surface area contributed by atoms with E-state index in [4.69, 9.17) is 4.98 Å². The average molecular weight is 251 g/mol. The molecule has 0 amide bonds. The summed E-state index contributed by atoms with van der Waals surface area (Å²) in [4.78, 5) is 4.81. The van der Waals surface area contributed by atoms with Gasteiger partial charge in [0.25, 0.3) is 0 Å². The van der Waals surface area contributed by atoms with Crippen molar-refractivity contribution in [2.75, 3.05) is 0 Å². The van der Waals surface area contributed by atoms with E-state index >= 15 is 0 Å². The van der Waals surface area contributed by atoms with E-state index in [1.165, 1.54) is 10.9 Å². The van der Waals surface area contributed by atoms with Crippen LogP contribution in [0.1, 0.15) is 26.3 Å². The fourth-order valence-electron chi connectivity index (χ4n) is 2.28. The molecule has 0 aliphatic rings. The van der Waals surface area contributed by atoms with Gasteiger partial charge in [-0.1, -0.05) is 39.0 Å². The Morgan fingerprint density at radius 3 is 2.53 bits per heavy atom. The monoisotopic (exact) mass is 251 g/mol. The molecule has 3 heteroatoms. The van der Waals surface area contributed by atoms with Gasteiger partial charge in [0.15, 0.2) is 0 Å². The van der Waals surface area contributed by atoms with Crippen LogP contribution in [-0.2, 0) is 5.41 Å². The Morgan fingerprint density at radius 2 is 1.84 bits per heavy atom. The number of rotatable bonds is 1. The molecule has 3 aromatic rings. The van der Waals surface area contributed by atoms with Crippen LogP contribution in [0.25, 0.3) is 22.3 Å². The molecule has 2 aromatic heterocycles. The molecule has 1 N–H and O–H groups in total. The summed E-state index contributed by atoms with van der Waals surface area (Å²) in [6.07, 6.45) is 1.76. The summed E-state index contributed by atoms with van der Waals surface area (Å²) in [6, 6.07) is 12.4. The van der Waals surface area contributed by atoms with E-state index in [0.717, 1.165) is 16.9 Å². The number of aromatic amines is 1. The molecule has 0 saturated heterocycles. The van der Waals surface area contributed by atoms with Gasteiger partial charge in [-0.2, -0.15) is 5.10 Å². The molecule has 96 valence electrons. The smallest absolute Gasteiger partial charge is 0.0925 e. The standard InChI is InChI=1S/C16H17N3/c1-16(2,3)12-10-11-6-4-5-7-13(11)18-15(12)14-8-9-17-19-14/h4-10H,1-3H3,(H,17,19). The minimum atomic E-state index is 0.0392. The summed E-state index contributed by atoms with van der Waals surface area (Å²) in [6.45, 7) is 6.62. The highest BCUT2D eigenvalue weighted by Crippen LogP contribution is 2.33. The van der Waals surface area contributed by atoms with Crippen molar-refractivity contribution >= 4 is 10.9 Å². The van der Waals surface area contributed by atoms with E-state index in [2.05, 4.69) is 43.1 Å². The Balaban J connectivity index is 2.34. The Labute approximate surface area is 112 Å². The average Bonchev–Trinajstić information content (AvgIpc) is 2.90. The van der Waals surface area contributed by atoms with E-state index in [9.17, 15) is 0 Å². The van der Waals surface area contributed by atoms with Crippen molar-refractivity contribution < 1.29 is 0 Å². The summed E-state index contributed by atoms with van der Waals surface area (Å²) >= 11 is 0. The molecule has 2 heterocycles. The molecule has 0 aliphatic carbocycles. The van der Waals surface area contributed by atoms with Crippen LogP contribution in [-0.4, -0.2) is 15.2 Å². The van der Waals surface area contributed by atoms with Crippen molar-refractivity contribution in [3.05, 3.63) is 48.2 Å². The molecular weight excluding hydrogens is 234 g/mol. The molecule has 0 radical (unpaired) electrons. The van der Waals surface area contributed by atoms with E-state index < -0.39 is 0 Å². The molecule has 0 aliphatic heterocycles. The summed E-state index contributed by atoms with van der Waals surface area (Å²) in [7, 11) is 0. The maximum atomic E-state index is 4.81. The molecule has 0 fully saturated rings. The SMILES string of the molecule is CC(C)(C)c1cc2ccccc2nc1-c1ccn[nH]1. The Kier molecular flexibility index (Phi) is 2.63. The van der Waals surface area contributed by atoms with Gasteiger partial charge in [-0.3, -0.25) is 5.10 Å². The first-order valence-electron chi connectivity index (χ1n) is 6.46. The quantitative estimate of drug-likeness (QED) is 0.712. The topological polar surface area (TPSA) is 41.6 Å². The molecule has 19 heavy (non-hydrogen) atoms. The molecule has 0 atom stereocenters. The number of H-pyrrole nitrogens is 1. The summed E-state index contributed by atoms with van der Waals surface area (Å²) in [5.41, 5.74) is 4.24. The first-order valence-corrected chi connectivity index (χ1v) is 6.46. The van der Waals surface area contributed by atoms with Crippen LogP contribution in [0.3, 0.4) is 0 Å². The van der Waals surface area contributed by atoms with E-state index in [1.54, 1.807) is 6.20 Å². The molecule has 3 rings (SSSR count). The third kappa shape index (κ3) is 2.12. The molecular formula is C16H17N3. The number of nitrogens with one attached hydrogen (secondary N) is 1. The van der Waals surface area contributed by atoms with Gasteiger partial charge in [0.05, 0.1) is 16.9 Å². The summed E-state index contributed by atoms with van der Waals surface area (Å²) in [5.74, 6) is 0. The third-order valence-electron chi connectivity index (χ3n) is 3.29. The Morgan fingerprint density at radius 1 is 1.05 bits per heavy atom. The number of aromatic nitrogens is 3. The highest BCUT2D eigenvalue weighted by atomic mass is 15.1. The van der Waals surface area contributed by atoms with Gasteiger partial charge in [-0.25, -0.2) is 4.98 Å². The number of hydrogen-bond acceptors (Lipinski definition) is 2. The number of para-hydroxylation sites is 1. The maximum absolute atomic E-state index is 4.81. The fourth-order valence-corrected chi connectivity index (χ4v) is 2.28. The zero-order chi connectivity index (χ0) is 13.5. The first kappa shape index (κ1) is 11.9. The van der Waals surface area contributed by atoms with Crippen molar-refractivity contribution in [1.82, 2.24) is 15.2 Å². The van der Waals surface area contributed by atoms with Crippen LogP contribution in [0.2, 0.25) is 0 Å². The lowest BCUT2D eigenvalue weighted by atomic mass is 9.84. The number of benzene rings is 1. The lowest BCUT2D eigenvalue weighted by molar-refractivity contribution is 0.590. The molecule has 0 saturated carbocycles. The van der Waals surface area contributed by atoms with E-state index in [0.29, 0.717) is 0 Å². The molecule has 1 aromatic carbocycles. The van der Waals surface area contributed by atoms with Crippen LogP contribution < -0.4 is 0 Å². The van der Waals surface area contributed by atoms with Gasteiger partial charge in [0, 0.05) is 11.6 Å². The number of fused-ring (bicyclic) bond motifs is 1. The zero-order valence-corrected chi connectivity index (χ0v) is 11.4. The van der Waals surface area contributed by atoms with Crippen LogP contribution in [0.4, 0.5) is 0 Å². The minimum Gasteiger partial charge on any atom is -0.276 e. The highest BCUT2D eigenvalue weighted by Gasteiger charge is 2.21. The van der Waals surface area contributed by atoms with Gasteiger partial charge < -0.3 is 0 Å². The number of nitrogens with zero attached hydrogens (tertiary/aromatic N) is 2. The van der Waals surface area contributed by atoms with Gasteiger partial charge in [0.1, 0.15) is 0 Å². The van der Waals surface area contributed by atoms with Gasteiger partial charge in [-0.05, 0) is 29.2 Å². The number of pyridine rings is 1. The second-order valence-corrected chi connectivity index (χ2v) is 5.80. The molecule has 0 bridgehead atoms. The van der Waals surface area contributed by atoms with Crippen molar-refractivity contribution in [2.24, 2.45) is 0 Å². The first-order chi connectivity index (χ1) is 9.05. The fraction of sp³-hybridized carbons (Fsp3) is 0.250. The van der Waals surface area contributed by atoms with Crippen LogP contribution in [0.15, 0.2) is 42.6 Å². The molecule has 0 spiro atoms. The van der Waals surface area contributed by atoms with E-state index in [-0.39, 0.29) is 5.41 Å². The molecule has 0 unspecified atom stereocenters. The minimum absolute atomic E-state index is 0.0392. The van der Waals surface area contributed by atoms with E-state index in [1.807, 2.05) is 24.3 Å². The maximum Gasteiger partial charge on any atom is 0.0925 e. The predicted octanol–water partition coefficient (Wildman–Crippen LogP) is 3.92. The second kappa shape index (κ2) is 4.19. The zero-order valence-electron chi connectivity index (χ0n) is 11.4.